The average molecular weight is 465 g/mol. The first-order valence-electron chi connectivity index (χ1n) is 11.1. The summed E-state index contributed by atoms with van der Waals surface area (Å²) in [7, 11) is 0. The second-order valence-corrected chi connectivity index (χ2v) is 9.27. The maximum Gasteiger partial charge on any atom is 0.249 e. The molecule has 1 aromatic heterocycles. The second kappa shape index (κ2) is 13.4. The molecule has 0 aliphatic carbocycles. The number of carbonyl (C=O) groups is 2. The van der Waals surface area contributed by atoms with Crippen LogP contribution in [0, 0.1) is 5.92 Å². The van der Waals surface area contributed by atoms with Gasteiger partial charge in [-0.3, -0.25) is 14.9 Å². The molecule has 1 heterocycles. The van der Waals surface area contributed by atoms with Crippen LogP contribution in [0.25, 0.3) is 10.6 Å². The van der Waals surface area contributed by atoms with Crippen LogP contribution in [-0.2, 0) is 9.59 Å². The third-order valence-corrected chi connectivity index (χ3v) is 6.46. The molecule has 0 radical (unpaired) electrons. The van der Waals surface area contributed by atoms with Gasteiger partial charge in [0.1, 0.15) is 11.0 Å². The molecule has 0 saturated carbocycles. The van der Waals surface area contributed by atoms with Crippen molar-refractivity contribution >= 4 is 39.9 Å². The van der Waals surface area contributed by atoms with Gasteiger partial charge in [0.15, 0.2) is 0 Å². The summed E-state index contributed by atoms with van der Waals surface area (Å²) < 4.78 is 0. The summed E-state index contributed by atoms with van der Waals surface area (Å²) in [5.74, 6) is -0.323. The van der Waals surface area contributed by atoms with E-state index in [2.05, 4.69) is 27.8 Å². The number of aromatic nitrogens is 2. The Morgan fingerprint density at radius 2 is 1.71 bits per heavy atom. The molecule has 0 saturated heterocycles. The number of benzene rings is 1. The number of carbonyl (C=O) groups excluding carboxylic acids is 2. The van der Waals surface area contributed by atoms with E-state index in [0.717, 1.165) is 31.2 Å². The molecule has 0 aliphatic heterocycles. The number of halogens is 1. The smallest absolute Gasteiger partial charge is 0.249 e. The second-order valence-electron chi connectivity index (χ2n) is 7.86. The largest absolute Gasteiger partial charge is 0.344 e. The highest BCUT2D eigenvalue weighted by Gasteiger charge is 2.26. The van der Waals surface area contributed by atoms with Crippen LogP contribution >= 0.6 is 22.9 Å². The quantitative estimate of drug-likeness (QED) is 0.352. The summed E-state index contributed by atoms with van der Waals surface area (Å²) >= 11 is 7.22. The molecule has 0 aliphatic rings. The molecule has 0 fully saturated rings. The maximum absolute atomic E-state index is 12.9. The van der Waals surface area contributed by atoms with Gasteiger partial charge in [0.05, 0.1) is 0 Å². The zero-order chi connectivity index (χ0) is 22.6. The summed E-state index contributed by atoms with van der Waals surface area (Å²) in [5.41, 5.74) is 0.883. The zero-order valence-electron chi connectivity index (χ0n) is 18.6. The highest BCUT2D eigenvalue weighted by Crippen LogP contribution is 2.27. The molecule has 2 amide bonds. The molecular formula is C23H33ClN4O2S. The number of hydrogen-bond acceptors (Lipinski definition) is 5. The van der Waals surface area contributed by atoms with E-state index in [0.29, 0.717) is 21.6 Å². The SMILES string of the molecule is CCCCCCCCC(=O)NC(C(=O)Nc1nnc(-c2ccc(Cl)cc2)s1)C(C)CC. The molecule has 31 heavy (non-hydrogen) atoms. The Bertz CT molecular complexity index is 825. The summed E-state index contributed by atoms with van der Waals surface area (Å²) in [6, 6.07) is 6.70. The van der Waals surface area contributed by atoms with Gasteiger partial charge in [-0.2, -0.15) is 0 Å². The van der Waals surface area contributed by atoms with Crippen LogP contribution in [0.15, 0.2) is 24.3 Å². The van der Waals surface area contributed by atoms with Crippen LogP contribution in [0.2, 0.25) is 5.02 Å². The lowest BCUT2D eigenvalue weighted by molar-refractivity contribution is -0.127. The van der Waals surface area contributed by atoms with E-state index < -0.39 is 6.04 Å². The molecule has 2 N–H and O–H groups in total. The molecule has 2 unspecified atom stereocenters. The molecule has 0 spiro atoms. The first-order chi connectivity index (χ1) is 14.9. The topological polar surface area (TPSA) is 84.0 Å². The summed E-state index contributed by atoms with van der Waals surface area (Å²) in [4.78, 5) is 25.3. The molecule has 0 bridgehead atoms. The first kappa shape index (κ1) is 25.3. The Morgan fingerprint density at radius 3 is 2.39 bits per heavy atom. The van der Waals surface area contributed by atoms with Gasteiger partial charge in [0.25, 0.3) is 0 Å². The molecule has 6 nitrogen and oxygen atoms in total. The van der Waals surface area contributed by atoms with E-state index in [4.69, 9.17) is 11.6 Å². The van der Waals surface area contributed by atoms with Crippen molar-refractivity contribution in [1.82, 2.24) is 15.5 Å². The van der Waals surface area contributed by atoms with Crippen LogP contribution in [0.5, 0.6) is 0 Å². The van der Waals surface area contributed by atoms with Crippen molar-refractivity contribution in [3.63, 3.8) is 0 Å². The Morgan fingerprint density at radius 1 is 1.03 bits per heavy atom. The van der Waals surface area contributed by atoms with Crippen LogP contribution < -0.4 is 10.6 Å². The summed E-state index contributed by atoms with van der Waals surface area (Å²) in [5, 5.41) is 15.7. The standard InChI is InChI=1S/C23H33ClN4O2S/c1-4-6-7-8-9-10-11-19(29)25-20(16(3)5-2)21(30)26-23-28-27-22(31-23)17-12-14-18(24)15-13-17/h12-16,20H,4-11H2,1-3H3,(H,25,29)(H,26,28,30). The van der Waals surface area contributed by atoms with Crippen LogP contribution in [0.1, 0.15) is 72.1 Å². The Balaban J connectivity index is 1.91. The van der Waals surface area contributed by atoms with Gasteiger partial charge in [-0.1, -0.05) is 94.4 Å². The molecule has 2 rings (SSSR count). The molecule has 2 atom stereocenters. The van der Waals surface area contributed by atoms with Gasteiger partial charge in [0, 0.05) is 17.0 Å². The minimum absolute atomic E-state index is 0.0113. The third-order valence-electron chi connectivity index (χ3n) is 5.32. The van der Waals surface area contributed by atoms with E-state index in [1.165, 1.54) is 30.6 Å². The van der Waals surface area contributed by atoms with E-state index in [-0.39, 0.29) is 17.7 Å². The monoisotopic (exact) mass is 464 g/mol. The van der Waals surface area contributed by atoms with E-state index >= 15 is 0 Å². The number of rotatable bonds is 13. The molecule has 170 valence electrons. The highest BCUT2D eigenvalue weighted by molar-refractivity contribution is 7.18. The van der Waals surface area contributed by atoms with E-state index in [1.54, 1.807) is 12.1 Å². The van der Waals surface area contributed by atoms with E-state index in [1.807, 2.05) is 26.0 Å². The normalized spacial score (nSPS) is 12.9. The van der Waals surface area contributed by atoms with Crippen LogP contribution in [0.3, 0.4) is 0 Å². The number of hydrogen-bond donors (Lipinski definition) is 2. The number of nitrogens with zero attached hydrogens (tertiary/aromatic N) is 2. The van der Waals surface area contributed by atoms with Crippen LogP contribution in [-0.4, -0.2) is 28.1 Å². The fourth-order valence-corrected chi connectivity index (χ4v) is 4.06. The van der Waals surface area contributed by atoms with Crippen molar-refractivity contribution in [2.45, 2.75) is 78.2 Å². The lowest BCUT2D eigenvalue weighted by Gasteiger charge is -2.23. The number of nitrogens with one attached hydrogen (secondary N) is 2. The van der Waals surface area contributed by atoms with E-state index in [9.17, 15) is 9.59 Å². The molecular weight excluding hydrogens is 432 g/mol. The van der Waals surface area contributed by atoms with Gasteiger partial charge < -0.3 is 5.32 Å². The van der Waals surface area contributed by atoms with Gasteiger partial charge in [-0.25, -0.2) is 0 Å². The van der Waals surface area contributed by atoms with Crippen molar-refractivity contribution in [3.05, 3.63) is 29.3 Å². The Hall–Kier alpha value is -1.99. The number of amides is 2. The lowest BCUT2D eigenvalue weighted by Crippen LogP contribution is -2.47. The fourth-order valence-electron chi connectivity index (χ4n) is 3.18. The lowest BCUT2D eigenvalue weighted by atomic mass is 9.98. The maximum atomic E-state index is 12.9. The van der Waals surface area contributed by atoms with Gasteiger partial charge >= 0.3 is 0 Å². The highest BCUT2D eigenvalue weighted by atomic mass is 35.5. The minimum Gasteiger partial charge on any atom is -0.344 e. The van der Waals surface area contributed by atoms with Gasteiger partial charge in [-0.05, 0) is 24.5 Å². The zero-order valence-corrected chi connectivity index (χ0v) is 20.2. The van der Waals surface area contributed by atoms with Crippen LogP contribution in [0.4, 0.5) is 5.13 Å². The average Bonchev–Trinajstić information content (AvgIpc) is 3.22. The molecule has 1 aromatic carbocycles. The van der Waals surface area contributed by atoms with Crippen molar-refractivity contribution in [3.8, 4) is 10.6 Å². The molecule has 8 heteroatoms. The van der Waals surface area contributed by atoms with Crippen molar-refractivity contribution in [2.24, 2.45) is 5.92 Å². The first-order valence-corrected chi connectivity index (χ1v) is 12.3. The van der Waals surface area contributed by atoms with Crippen molar-refractivity contribution in [1.29, 1.82) is 0 Å². The van der Waals surface area contributed by atoms with Crippen molar-refractivity contribution < 1.29 is 9.59 Å². The number of unbranched alkanes of at least 4 members (excludes halogenated alkanes) is 5. The summed E-state index contributed by atoms with van der Waals surface area (Å²) in [6.07, 6.45) is 7.96. The Labute approximate surface area is 194 Å². The van der Waals surface area contributed by atoms with Gasteiger partial charge in [-0.15, -0.1) is 10.2 Å². The summed E-state index contributed by atoms with van der Waals surface area (Å²) in [6.45, 7) is 6.16. The third kappa shape index (κ3) is 8.57. The number of anilines is 1. The van der Waals surface area contributed by atoms with Crippen molar-refractivity contribution in [2.75, 3.05) is 5.32 Å². The molecule has 2 aromatic rings. The Kier molecular flexibility index (Phi) is 10.9. The van der Waals surface area contributed by atoms with Gasteiger partial charge in [0.2, 0.25) is 16.9 Å². The minimum atomic E-state index is -0.597. The predicted octanol–water partition coefficient (Wildman–Crippen LogP) is 6.08. The fraction of sp³-hybridized carbons (Fsp3) is 0.565. The predicted molar refractivity (Wildman–Crippen MR) is 128 cm³/mol.